The molecule has 2 aromatic rings. The number of hydrogen-bond donors (Lipinski definition) is 0. The van der Waals surface area contributed by atoms with Crippen molar-refractivity contribution in [1.82, 2.24) is 4.57 Å². The van der Waals surface area contributed by atoms with Crippen molar-refractivity contribution in [3.8, 4) is 0 Å². The molecule has 1 unspecified atom stereocenters. The maximum Gasteiger partial charge on any atom is 0.0567 e. The fourth-order valence-electron chi connectivity index (χ4n) is 2.24. The SMILES string of the molecule is Cc1ccc(C)n1C(C)c1ccccc1I. The molecule has 2 heteroatoms. The second-order valence-corrected chi connectivity index (χ2v) is 5.35. The number of benzene rings is 1. The van der Waals surface area contributed by atoms with E-state index in [0.717, 1.165) is 0 Å². The molecule has 0 N–H and O–H groups in total. The predicted molar refractivity (Wildman–Crippen MR) is 76.9 cm³/mol. The molecule has 0 fully saturated rings. The van der Waals surface area contributed by atoms with Crippen LogP contribution in [0.5, 0.6) is 0 Å². The minimum Gasteiger partial charge on any atom is -0.342 e. The minimum absolute atomic E-state index is 0.406. The van der Waals surface area contributed by atoms with Crippen LogP contribution in [-0.4, -0.2) is 4.57 Å². The van der Waals surface area contributed by atoms with Crippen LogP contribution >= 0.6 is 22.6 Å². The first-order chi connectivity index (χ1) is 7.61. The summed E-state index contributed by atoms with van der Waals surface area (Å²) in [6, 6.07) is 13.4. The van der Waals surface area contributed by atoms with Gasteiger partial charge in [-0.2, -0.15) is 0 Å². The number of nitrogens with zero attached hydrogens (tertiary/aromatic N) is 1. The van der Waals surface area contributed by atoms with Gasteiger partial charge in [0.1, 0.15) is 0 Å². The highest BCUT2D eigenvalue weighted by Gasteiger charge is 2.13. The molecule has 0 radical (unpaired) electrons. The highest BCUT2D eigenvalue weighted by molar-refractivity contribution is 14.1. The zero-order valence-corrected chi connectivity index (χ0v) is 12.0. The summed E-state index contributed by atoms with van der Waals surface area (Å²) in [6.45, 7) is 6.59. The lowest BCUT2D eigenvalue weighted by Gasteiger charge is -2.20. The normalized spacial score (nSPS) is 12.8. The van der Waals surface area contributed by atoms with Crippen molar-refractivity contribution < 1.29 is 0 Å². The molecule has 0 aliphatic heterocycles. The number of halogens is 1. The Morgan fingerprint density at radius 3 is 2.12 bits per heavy atom. The Morgan fingerprint density at radius 1 is 1.00 bits per heavy atom. The number of aryl methyl sites for hydroxylation is 2. The molecule has 0 saturated carbocycles. The molecule has 84 valence electrons. The second-order valence-electron chi connectivity index (χ2n) is 4.18. The molecule has 16 heavy (non-hydrogen) atoms. The topological polar surface area (TPSA) is 4.93 Å². The first-order valence-corrected chi connectivity index (χ1v) is 6.58. The Labute approximate surface area is 111 Å². The van der Waals surface area contributed by atoms with Gasteiger partial charge in [-0.3, -0.25) is 0 Å². The van der Waals surface area contributed by atoms with E-state index in [4.69, 9.17) is 0 Å². The summed E-state index contributed by atoms with van der Waals surface area (Å²) < 4.78 is 3.72. The molecule has 1 heterocycles. The van der Waals surface area contributed by atoms with Crippen LogP contribution in [0.2, 0.25) is 0 Å². The molecule has 1 nitrogen and oxygen atoms in total. The highest BCUT2D eigenvalue weighted by Crippen LogP contribution is 2.26. The Balaban J connectivity index is 2.47. The van der Waals surface area contributed by atoms with Crippen LogP contribution in [-0.2, 0) is 0 Å². The van der Waals surface area contributed by atoms with Crippen molar-refractivity contribution in [1.29, 1.82) is 0 Å². The van der Waals surface area contributed by atoms with Gasteiger partial charge in [-0.25, -0.2) is 0 Å². The average Bonchev–Trinajstić information content (AvgIpc) is 2.58. The van der Waals surface area contributed by atoms with Crippen LogP contribution in [0.15, 0.2) is 36.4 Å². The van der Waals surface area contributed by atoms with E-state index in [1.807, 2.05) is 0 Å². The molecule has 1 aromatic carbocycles. The maximum absolute atomic E-state index is 2.41. The van der Waals surface area contributed by atoms with Gasteiger partial charge < -0.3 is 4.57 Å². The highest BCUT2D eigenvalue weighted by atomic mass is 127. The number of rotatable bonds is 2. The largest absolute Gasteiger partial charge is 0.342 e. The smallest absolute Gasteiger partial charge is 0.0567 e. The van der Waals surface area contributed by atoms with Crippen LogP contribution in [0.1, 0.15) is 29.9 Å². The first kappa shape index (κ1) is 11.7. The van der Waals surface area contributed by atoms with E-state index in [9.17, 15) is 0 Å². The van der Waals surface area contributed by atoms with Crippen LogP contribution < -0.4 is 0 Å². The number of hydrogen-bond acceptors (Lipinski definition) is 0. The van der Waals surface area contributed by atoms with Crippen molar-refractivity contribution in [2.24, 2.45) is 0 Å². The fourth-order valence-corrected chi connectivity index (χ4v) is 3.08. The van der Waals surface area contributed by atoms with Gasteiger partial charge in [0.2, 0.25) is 0 Å². The van der Waals surface area contributed by atoms with Crippen LogP contribution in [0.4, 0.5) is 0 Å². The van der Waals surface area contributed by atoms with Gasteiger partial charge in [0.15, 0.2) is 0 Å². The summed E-state index contributed by atoms with van der Waals surface area (Å²) in [7, 11) is 0. The molecule has 0 bridgehead atoms. The molecular formula is C14H16IN. The Hall–Kier alpha value is -0.770. The molecule has 0 aliphatic rings. The monoisotopic (exact) mass is 325 g/mol. The molecule has 1 aromatic heterocycles. The lowest BCUT2D eigenvalue weighted by molar-refractivity contribution is 0.608. The lowest BCUT2D eigenvalue weighted by Crippen LogP contribution is -2.11. The van der Waals surface area contributed by atoms with Crippen molar-refractivity contribution >= 4 is 22.6 Å². The third-order valence-electron chi connectivity index (χ3n) is 3.07. The van der Waals surface area contributed by atoms with Gasteiger partial charge in [-0.15, -0.1) is 0 Å². The summed E-state index contributed by atoms with van der Waals surface area (Å²) in [5, 5.41) is 0. The van der Waals surface area contributed by atoms with Crippen molar-refractivity contribution in [2.45, 2.75) is 26.8 Å². The predicted octanol–water partition coefficient (Wildman–Crippen LogP) is 4.32. The fraction of sp³-hybridized carbons (Fsp3) is 0.286. The molecule has 0 aliphatic carbocycles. The lowest BCUT2D eigenvalue weighted by atomic mass is 10.1. The van der Waals surface area contributed by atoms with Crippen molar-refractivity contribution in [2.75, 3.05) is 0 Å². The average molecular weight is 325 g/mol. The zero-order chi connectivity index (χ0) is 11.7. The summed E-state index contributed by atoms with van der Waals surface area (Å²) in [6.07, 6.45) is 0. The van der Waals surface area contributed by atoms with Gasteiger partial charge >= 0.3 is 0 Å². The van der Waals surface area contributed by atoms with Gasteiger partial charge in [0.25, 0.3) is 0 Å². The standard InChI is InChI=1S/C14H16IN/c1-10-8-9-11(2)16(10)12(3)13-6-4-5-7-14(13)15/h4-9,12H,1-3H3. The first-order valence-electron chi connectivity index (χ1n) is 5.50. The third-order valence-corrected chi connectivity index (χ3v) is 4.05. The van der Waals surface area contributed by atoms with Crippen molar-refractivity contribution in [3.63, 3.8) is 0 Å². The van der Waals surface area contributed by atoms with Gasteiger partial charge in [0.05, 0.1) is 6.04 Å². The number of aromatic nitrogens is 1. The summed E-state index contributed by atoms with van der Waals surface area (Å²) in [5.74, 6) is 0. The molecule has 1 atom stereocenters. The summed E-state index contributed by atoms with van der Waals surface area (Å²) in [4.78, 5) is 0. The minimum atomic E-state index is 0.406. The van der Waals surface area contributed by atoms with Gasteiger partial charge in [0, 0.05) is 15.0 Å². The third kappa shape index (κ3) is 2.03. The molecule has 0 saturated heterocycles. The van der Waals surface area contributed by atoms with E-state index in [0.29, 0.717) is 6.04 Å². The van der Waals surface area contributed by atoms with E-state index in [-0.39, 0.29) is 0 Å². The van der Waals surface area contributed by atoms with Gasteiger partial charge in [-0.05, 0) is 67.1 Å². The Morgan fingerprint density at radius 2 is 1.56 bits per heavy atom. The molecule has 0 spiro atoms. The van der Waals surface area contributed by atoms with E-state index >= 15 is 0 Å². The van der Waals surface area contributed by atoms with E-state index in [1.54, 1.807) is 0 Å². The Kier molecular flexibility index (Phi) is 3.38. The molecule has 0 amide bonds. The zero-order valence-electron chi connectivity index (χ0n) is 9.87. The maximum atomic E-state index is 2.41. The summed E-state index contributed by atoms with van der Waals surface area (Å²) in [5.41, 5.74) is 4.04. The molecular weight excluding hydrogens is 309 g/mol. The quantitative estimate of drug-likeness (QED) is 0.725. The van der Waals surface area contributed by atoms with Crippen LogP contribution in [0, 0.1) is 17.4 Å². The van der Waals surface area contributed by atoms with Crippen LogP contribution in [0.25, 0.3) is 0 Å². The van der Waals surface area contributed by atoms with E-state index in [1.165, 1.54) is 20.5 Å². The van der Waals surface area contributed by atoms with Gasteiger partial charge in [-0.1, -0.05) is 18.2 Å². The molecule has 2 rings (SSSR count). The second kappa shape index (κ2) is 4.62. The Bertz CT molecular complexity index is 480. The van der Waals surface area contributed by atoms with E-state index in [2.05, 4.69) is 84.3 Å². The van der Waals surface area contributed by atoms with Crippen molar-refractivity contribution in [3.05, 3.63) is 56.9 Å². The van der Waals surface area contributed by atoms with E-state index < -0.39 is 0 Å². The summed E-state index contributed by atoms with van der Waals surface area (Å²) >= 11 is 2.41. The van der Waals surface area contributed by atoms with Crippen LogP contribution in [0.3, 0.4) is 0 Å².